The lowest BCUT2D eigenvalue weighted by Gasteiger charge is -2.01. The Morgan fingerprint density at radius 1 is 0.633 bits per heavy atom. The van der Waals surface area contributed by atoms with Gasteiger partial charge in [-0.25, -0.2) is 9.59 Å². The highest BCUT2D eigenvalue weighted by Gasteiger charge is 1.96. The molecule has 0 saturated heterocycles. The molecule has 2 aromatic carbocycles. The Labute approximate surface area is 174 Å². The van der Waals surface area contributed by atoms with E-state index in [4.69, 9.17) is 10.2 Å². The molecule has 0 unspecified atom stereocenters. The average Bonchev–Trinajstić information content (AvgIpc) is 3.13. The summed E-state index contributed by atoms with van der Waals surface area (Å²) in [6, 6.07) is 16.4. The van der Waals surface area contributed by atoms with Gasteiger partial charge in [-0.3, -0.25) is 0 Å². The molecule has 0 spiro atoms. The Bertz CT molecular complexity index is 936. The van der Waals surface area contributed by atoms with Gasteiger partial charge < -0.3 is 20.8 Å². The number of para-hydroxylation sites is 2. The van der Waals surface area contributed by atoms with Crippen molar-refractivity contribution in [1.29, 1.82) is 0 Å². The van der Waals surface area contributed by atoms with Crippen LogP contribution in [0.3, 0.4) is 0 Å². The SMILES string of the molecule is C1=CNc2ccccc2C=C1.C1=CNc2ccccc2C=C1.O=C(O)C=CC(=O)O. The van der Waals surface area contributed by atoms with Crippen molar-refractivity contribution in [2.24, 2.45) is 0 Å². The molecular formula is C24H22N2O4. The first-order chi connectivity index (χ1) is 14.6. The Kier molecular flexibility index (Phi) is 8.94. The number of rotatable bonds is 2. The number of hydrogen-bond donors (Lipinski definition) is 4. The highest BCUT2D eigenvalue weighted by atomic mass is 16.4. The maximum Gasteiger partial charge on any atom is 0.328 e. The van der Waals surface area contributed by atoms with Gasteiger partial charge in [0.25, 0.3) is 0 Å². The second kappa shape index (κ2) is 12.2. The van der Waals surface area contributed by atoms with Crippen molar-refractivity contribution < 1.29 is 19.8 Å². The summed E-state index contributed by atoms with van der Waals surface area (Å²) in [6.45, 7) is 0. The fourth-order valence-electron chi connectivity index (χ4n) is 2.40. The highest BCUT2D eigenvalue weighted by molar-refractivity contribution is 5.89. The maximum atomic E-state index is 9.55. The predicted molar refractivity (Wildman–Crippen MR) is 121 cm³/mol. The van der Waals surface area contributed by atoms with Crippen molar-refractivity contribution in [3.8, 4) is 0 Å². The monoisotopic (exact) mass is 402 g/mol. The number of benzene rings is 2. The lowest BCUT2D eigenvalue weighted by molar-refractivity contribution is -0.134. The Morgan fingerprint density at radius 2 is 1.03 bits per heavy atom. The van der Waals surface area contributed by atoms with Gasteiger partial charge in [0, 0.05) is 35.9 Å². The van der Waals surface area contributed by atoms with Gasteiger partial charge in [0.15, 0.2) is 0 Å². The second-order valence-electron chi connectivity index (χ2n) is 5.91. The first-order valence-corrected chi connectivity index (χ1v) is 9.08. The van der Waals surface area contributed by atoms with Crippen LogP contribution in [0.25, 0.3) is 12.2 Å². The zero-order valence-electron chi connectivity index (χ0n) is 16.1. The normalized spacial score (nSPS) is 12.4. The van der Waals surface area contributed by atoms with Crippen LogP contribution in [-0.4, -0.2) is 22.2 Å². The molecule has 0 bridgehead atoms. The lowest BCUT2D eigenvalue weighted by Crippen LogP contribution is -1.91. The summed E-state index contributed by atoms with van der Waals surface area (Å²) >= 11 is 0. The molecule has 4 rings (SSSR count). The van der Waals surface area contributed by atoms with Crippen LogP contribution in [0.2, 0.25) is 0 Å². The number of anilines is 2. The number of nitrogens with one attached hydrogen (secondary N) is 2. The van der Waals surface area contributed by atoms with Crippen molar-refractivity contribution in [3.63, 3.8) is 0 Å². The lowest BCUT2D eigenvalue weighted by atomic mass is 10.2. The van der Waals surface area contributed by atoms with Gasteiger partial charge in [0.05, 0.1) is 0 Å². The second-order valence-corrected chi connectivity index (χ2v) is 5.91. The molecule has 2 aliphatic heterocycles. The summed E-state index contributed by atoms with van der Waals surface area (Å²) in [7, 11) is 0. The van der Waals surface area contributed by atoms with Crippen LogP contribution in [0.15, 0.2) is 97.4 Å². The number of fused-ring (bicyclic) bond motifs is 2. The maximum absolute atomic E-state index is 9.55. The molecule has 30 heavy (non-hydrogen) atoms. The minimum atomic E-state index is -1.26. The summed E-state index contributed by atoms with van der Waals surface area (Å²) in [5.74, 6) is -2.51. The topological polar surface area (TPSA) is 98.7 Å². The van der Waals surface area contributed by atoms with E-state index in [1.165, 1.54) is 11.1 Å². The fourth-order valence-corrected chi connectivity index (χ4v) is 2.40. The van der Waals surface area contributed by atoms with E-state index in [1.54, 1.807) is 0 Å². The van der Waals surface area contributed by atoms with Gasteiger partial charge in [-0.1, -0.05) is 60.7 Å². The van der Waals surface area contributed by atoms with Crippen molar-refractivity contribution in [2.75, 3.05) is 10.6 Å². The van der Waals surface area contributed by atoms with Crippen LogP contribution in [0.4, 0.5) is 11.4 Å². The Morgan fingerprint density at radius 3 is 1.43 bits per heavy atom. The molecule has 4 N–H and O–H groups in total. The van der Waals surface area contributed by atoms with Gasteiger partial charge in [-0.05, 0) is 35.4 Å². The molecule has 0 aromatic heterocycles. The minimum absolute atomic E-state index is 0.558. The molecule has 2 aliphatic rings. The van der Waals surface area contributed by atoms with E-state index in [9.17, 15) is 9.59 Å². The van der Waals surface area contributed by atoms with Crippen LogP contribution in [-0.2, 0) is 9.59 Å². The van der Waals surface area contributed by atoms with Crippen LogP contribution in [0.5, 0.6) is 0 Å². The summed E-state index contributed by atoms with van der Waals surface area (Å²) < 4.78 is 0. The molecule has 2 heterocycles. The number of carboxylic acids is 2. The summed E-state index contributed by atoms with van der Waals surface area (Å²) in [5.41, 5.74) is 4.80. The number of allylic oxidation sites excluding steroid dienone is 4. The zero-order valence-corrected chi connectivity index (χ0v) is 16.1. The largest absolute Gasteiger partial charge is 0.478 e. The van der Waals surface area contributed by atoms with E-state index in [0.29, 0.717) is 12.2 Å². The minimum Gasteiger partial charge on any atom is -0.478 e. The van der Waals surface area contributed by atoms with Crippen LogP contribution >= 0.6 is 0 Å². The molecule has 2 aromatic rings. The molecule has 0 aliphatic carbocycles. The first kappa shape index (κ1) is 22.0. The molecule has 6 nitrogen and oxygen atoms in total. The quantitative estimate of drug-likeness (QED) is 0.528. The summed E-state index contributed by atoms with van der Waals surface area (Å²) in [5, 5.41) is 22.0. The molecule has 0 saturated carbocycles. The van der Waals surface area contributed by atoms with Crippen LogP contribution < -0.4 is 10.6 Å². The van der Waals surface area contributed by atoms with Crippen molar-refractivity contribution in [3.05, 3.63) is 109 Å². The number of aliphatic carboxylic acids is 2. The average molecular weight is 402 g/mol. The predicted octanol–water partition coefficient (Wildman–Crippen LogP) is 4.99. The third-order valence-electron chi connectivity index (χ3n) is 3.73. The van der Waals surface area contributed by atoms with Crippen molar-refractivity contribution in [1.82, 2.24) is 0 Å². The van der Waals surface area contributed by atoms with Gasteiger partial charge in [-0.15, -0.1) is 0 Å². The fraction of sp³-hybridized carbons (Fsp3) is 0. The molecule has 0 radical (unpaired) electrons. The highest BCUT2D eigenvalue weighted by Crippen LogP contribution is 2.18. The smallest absolute Gasteiger partial charge is 0.328 e. The zero-order chi connectivity index (χ0) is 21.6. The van der Waals surface area contributed by atoms with Gasteiger partial charge in [0.1, 0.15) is 0 Å². The van der Waals surface area contributed by atoms with E-state index in [1.807, 2.05) is 61.0 Å². The van der Waals surface area contributed by atoms with E-state index in [0.717, 1.165) is 11.4 Å². The molecule has 0 fully saturated rings. The molecular weight excluding hydrogens is 380 g/mol. The van der Waals surface area contributed by atoms with E-state index < -0.39 is 11.9 Å². The first-order valence-electron chi connectivity index (χ1n) is 9.08. The van der Waals surface area contributed by atoms with Gasteiger partial charge >= 0.3 is 11.9 Å². The molecule has 0 atom stereocenters. The Hall–Kier alpha value is -4.32. The third kappa shape index (κ3) is 8.14. The molecule has 0 amide bonds. The number of hydrogen-bond acceptors (Lipinski definition) is 4. The van der Waals surface area contributed by atoms with Crippen molar-refractivity contribution in [2.45, 2.75) is 0 Å². The standard InChI is InChI=1S/2C10H9N.C4H4O4/c2*1-2-7-10-9(5-1)6-3-4-8-11-10;5-3(6)1-2-4(7)8/h2*1-8,11H;1-2H,(H,5,6)(H,7,8). The van der Waals surface area contributed by atoms with Gasteiger partial charge in [-0.2, -0.15) is 0 Å². The summed E-state index contributed by atoms with van der Waals surface area (Å²) in [4.78, 5) is 19.1. The van der Waals surface area contributed by atoms with Gasteiger partial charge in [0.2, 0.25) is 0 Å². The van der Waals surface area contributed by atoms with Crippen LogP contribution in [0, 0.1) is 0 Å². The van der Waals surface area contributed by atoms with Crippen LogP contribution in [0.1, 0.15) is 11.1 Å². The van der Waals surface area contributed by atoms with E-state index in [2.05, 4.69) is 47.1 Å². The van der Waals surface area contributed by atoms with E-state index in [-0.39, 0.29) is 0 Å². The van der Waals surface area contributed by atoms with Crippen molar-refractivity contribution >= 4 is 35.5 Å². The number of carboxylic acid groups (broad SMARTS) is 2. The molecule has 6 heteroatoms. The number of carbonyl (C=O) groups is 2. The Balaban J connectivity index is 0.000000163. The molecule has 152 valence electrons. The third-order valence-corrected chi connectivity index (χ3v) is 3.73. The summed E-state index contributed by atoms with van der Waals surface area (Å²) in [6.07, 6.45) is 17.2. The van der Waals surface area contributed by atoms with E-state index >= 15 is 0 Å².